The van der Waals surface area contributed by atoms with E-state index in [1.165, 1.54) is 11.3 Å². The number of hydrogen-bond acceptors (Lipinski definition) is 6. The van der Waals surface area contributed by atoms with E-state index in [0.29, 0.717) is 32.7 Å². The summed E-state index contributed by atoms with van der Waals surface area (Å²) >= 11 is 4.97. The number of carbonyl (C=O) groups excluding carboxylic acids is 2. The molecule has 0 N–H and O–H groups in total. The van der Waals surface area contributed by atoms with E-state index in [4.69, 9.17) is 9.47 Å². The van der Waals surface area contributed by atoms with Crippen molar-refractivity contribution in [3.05, 3.63) is 44.3 Å². The molecule has 2 amide bonds. The van der Waals surface area contributed by atoms with Crippen LogP contribution < -0.4 is 4.74 Å². The summed E-state index contributed by atoms with van der Waals surface area (Å²) < 4.78 is 11.8. The van der Waals surface area contributed by atoms with Crippen LogP contribution in [0.25, 0.3) is 0 Å². The van der Waals surface area contributed by atoms with Crippen LogP contribution in [-0.4, -0.2) is 65.6 Å². The SMILES string of the molecule is COc1cc2c(cc1Br)CN(C(=O)C(=O)N(CCOCC#Cc1cncs1)C(C)(C)C)CC2. The van der Waals surface area contributed by atoms with Crippen LogP contribution in [0.1, 0.15) is 36.8 Å². The minimum Gasteiger partial charge on any atom is -0.496 e. The average Bonchev–Trinajstić information content (AvgIpc) is 3.29. The van der Waals surface area contributed by atoms with E-state index >= 15 is 0 Å². The van der Waals surface area contributed by atoms with Gasteiger partial charge in [0, 0.05) is 25.2 Å². The molecule has 33 heavy (non-hydrogen) atoms. The van der Waals surface area contributed by atoms with Crippen molar-refractivity contribution < 1.29 is 19.1 Å². The van der Waals surface area contributed by atoms with Crippen molar-refractivity contribution in [3.8, 4) is 17.6 Å². The third-order valence-electron chi connectivity index (χ3n) is 5.29. The molecule has 3 rings (SSSR count). The normalized spacial score (nSPS) is 13.1. The topological polar surface area (TPSA) is 72.0 Å². The molecule has 1 aromatic carbocycles. The quantitative estimate of drug-likeness (QED) is 0.334. The number of carbonyl (C=O) groups is 2. The highest BCUT2D eigenvalue weighted by molar-refractivity contribution is 9.10. The zero-order valence-corrected chi connectivity index (χ0v) is 21.7. The van der Waals surface area contributed by atoms with Gasteiger partial charge in [-0.1, -0.05) is 11.8 Å². The summed E-state index contributed by atoms with van der Waals surface area (Å²) in [6.07, 6.45) is 2.38. The van der Waals surface area contributed by atoms with Crippen LogP contribution in [0.3, 0.4) is 0 Å². The zero-order valence-electron chi connectivity index (χ0n) is 19.3. The Bertz CT molecular complexity index is 1050. The van der Waals surface area contributed by atoms with Crippen LogP contribution in [-0.2, 0) is 27.3 Å². The summed E-state index contributed by atoms with van der Waals surface area (Å²) in [5.41, 5.74) is 3.35. The molecule has 0 radical (unpaired) electrons. The zero-order chi connectivity index (χ0) is 24.0. The predicted octanol–water partition coefficient (Wildman–Crippen LogP) is 3.49. The smallest absolute Gasteiger partial charge is 0.312 e. The van der Waals surface area contributed by atoms with E-state index in [2.05, 4.69) is 32.8 Å². The van der Waals surface area contributed by atoms with Gasteiger partial charge in [0.05, 0.1) is 34.8 Å². The third-order valence-corrected chi connectivity index (χ3v) is 6.60. The number of nitrogens with zero attached hydrogens (tertiary/aromatic N) is 3. The van der Waals surface area contributed by atoms with Crippen molar-refractivity contribution in [2.45, 2.75) is 39.3 Å². The number of halogens is 1. The van der Waals surface area contributed by atoms with E-state index in [1.54, 1.807) is 28.6 Å². The first-order chi connectivity index (χ1) is 15.7. The van der Waals surface area contributed by atoms with Crippen LogP contribution >= 0.6 is 27.3 Å². The minimum absolute atomic E-state index is 0.249. The molecule has 1 aliphatic rings. The Morgan fingerprint density at radius 1 is 1.30 bits per heavy atom. The Morgan fingerprint density at radius 3 is 2.76 bits per heavy atom. The Kier molecular flexibility index (Phi) is 8.51. The predicted molar refractivity (Wildman–Crippen MR) is 131 cm³/mol. The van der Waals surface area contributed by atoms with Crippen molar-refractivity contribution in [3.63, 3.8) is 0 Å². The van der Waals surface area contributed by atoms with Gasteiger partial charge in [0.25, 0.3) is 0 Å². The lowest BCUT2D eigenvalue weighted by Gasteiger charge is -2.37. The second-order valence-electron chi connectivity index (χ2n) is 8.58. The number of fused-ring (bicyclic) bond motifs is 1. The Balaban J connectivity index is 1.59. The number of methoxy groups -OCH3 is 1. The van der Waals surface area contributed by atoms with Crippen molar-refractivity contribution in [2.75, 3.05) is 33.4 Å². The van der Waals surface area contributed by atoms with E-state index in [0.717, 1.165) is 26.2 Å². The molecule has 7 nitrogen and oxygen atoms in total. The molecule has 0 aliphatic carbocycles. The highest BCUT2D eigenvalue weighted by Crippen LogP contribution is 2.31. The van der Waals surface area contributed by atoms with Crippen LogP contribution in [0.2, 0.25) is 0 Å². The first-order valence-electron chi connectivity index (χ1n) is 10.6. The fraction of sp³-hybridized carbons (Fsp3) is 0.458. The summed E-state index contributed by atoms with van der Waals surface area (Å²) in [6, 6.07) is 3.94. The van der Waals surface area contributed by atoms with Gasteiger partial charge in [-0.25, -0.2) is 0 Å². The first-order valence-corrected chi connectivity index (χ1v) is 12.3. The Morgan fingerprint density at radius 2 is 2.09 bits per heavy atom. The van der Waals surface area contributed by atoms with Crippen molar-refractivity contribution in [1.82, 2.24) is 14.8 Å². The monoisotopic (exact) mass is 533 g/mol. The van der Waals surface area contributed by atoms with E-state index < -0.39 is 17.4 Å². The molecule has 0 saturated carbocycles. The van der Waals surface area contributed by atoms with E-state index in [9.17, 15) is 9.59 Å². The third kappa shape index (κ3) is 6.56. The van der Waals surface area contributed by atoms with Gasteiger partial charge in [0.2, 0.25) is 0 Å². The van der Waals surface area contributed by atoms with E-state index in [-0.39, 0.29) is 6.61 Å². The molecular formula is C24H28BrN3O4S. The summed E-state index contributed by atoms with van der Waals surface area (Å²) in [5.74, 6) is 5.66. The average molecular weight is 534 g/mol. The summed E-state index contributed by atoms with van der Waals surface area (Å²) in [4.78, 5) is 34.3. The number of ether oxygens (including phenoxy) is 2. The molecule has 2 aromatic rings. The molecule has 0 unspecified atom stereocenters. The molecule has 2 heterocycles. The number of benzene rings is 1. The molecule has 1 aromatic heterocycles. The highest BCUT2D eigenvalue weighted by Gasteiger charge is 2.34. The lowest BCUT2D eigenvalue weighted by atomic mass is 9.99. The minimum atomic E-state index is -0.519. The standard InChI is InChI=1S/C24H28BrN3O4S/c1-24(2,3)28(9-11-32-10-5-6-19-14-26-16-33-19)23(30)22(29)27-8-7-17-13-21(31-4)20(25)12-18(17)15-27/h12-14,16H,7-11,15H2,1-4H3. The summed E-state index contributed by atoms with van der Waals surface area (Å²) in [7, 11) is 1.63. The maximum Gasteiger partial charge on any atom is 0.312 e. The molecule has 0 fully saturated rings. The first kappa shape index (κ1) is 25.2. The van der Waals surface area contributed by atoms with Gasteiger partial charge in [-0.2, -0.15) is 0 Å². The number of amides is 2. The number of hydrogen-bond donors (Lipinski definition) is 0. The lowest BCUT2D eigenvalue weighted by molar-refractivity contribution is -0.155. The second-order valence-corrected chi connectivity index (χ2v) is 10.3. The van der Waals surface area contributed by atoms with Gasteiger partial charge in [-0.15, -0.1) is 11.3 Å². The van der Waals surface area contributed by atoms with Gasteiger partial charge in [0.15, 0.2) is 0 Å². The largest absolute Gasteiger partial charge is 0.496 e. The van der Waals surface area contributed by atoms with Crippen molar-refractivity contribution in [1.29, 1.82) is 0 Å². The molecule has 9 heteroatoms. The number of thiazole rings is 1. The molecule has 0 saturated heterocycles. The Hall–Kier alpha value is -2.41. The number of aromatic nitrogens is 1. The molecular weight excluding hydrogens is 506 g/mol. The maximum absolute atomic E-state index is 13.2. The fourth-order valence-electron chi connectivity index (χ4n) is 3.56. The number of rotatable bonds is 5. The van der Waals surface area contributed by atoms with Crippen LogP contribution in [0.4, 0.5) is 0 Å². The van der Waals surface area contributed by atoms with Gasteiger partial charge < -0.3 is 19.3 Å². The van der Waals surface area contributed by atoms with E-state index in [1.807, 2.05) is 32.9 Å². The van der Waals surface area contributed by atoms with Gasteiger partial charge >= 0.3 is 11.8 Å². The van der Waals surface area contributed by atoms with Crippen LogP contribution in [0.15, 0.2) is 28.3 Å². The fourth-order valence-corrected chi connectivity index (χ4v) is 4.60. The second kappa shape index (κ2) is 11.1. The van der Waals surface area contributed by atoms with Gasteiger partial charge in [-0.05, 0) is 66.4 Å². The molecule has 176 valence electrons. The summed E-state index contributed by atoms with van der Waals surface area (Å²) in [6.45, 7) is 7.48. The maximum atomic E-state index is 13.2. The molecule has 0 spiro atoms. The lowest BCUT2D eigenvalue weighted by Crippen LogP contribution is -2.54. The van der Waals surface area contributed by atoms with Crippen molar-refractivity contribution >= 4 is 39.1 Å². The van der Waals surface area contributed by atoms with Crippen LogP contribution in [0, 0.1) is 11.8 Å². The molecule has 1 aliphatic heterocycles. The molecule has 0 atom stereocenters. The highest BCUT2D eigenvalue weighted by atomic mass is 79.9. The van der Waals surface area contributed by atoms with Gasteiger partial charge in [-0.3, -0.25) is 14.6 Å². The van der Waals surface area contributed by atoms with Gasteiger partial charge in [0.1, 0.15) is 12.4 Å². The molecule has 0 bridgehead atoms. The van der Waals surface area contributed by atoms with Crippen molar-refractivity contribution in [2.24, 2.45) is 0 Å². The Labute approximate surface area is 207 Å². The summed E-state index contributed by atoms with van der Waals surface area (Å²) in [5, 5.41) is 0. The van der Waals surface area contributed by atoms with Crippen LogP contribution in [0.5, 0.6) is 5.75 Å².